The number of carbonyl (C=O) groups is 2. The van der Waals surface area contributed by atoms with Crippen molar-refractivity contribution in [2.75, 3.05) is 6.54 Å². The van der Waals surface area contributed by atoms with Crippen molar-refractivity contribution >= 4 is 11.7 Å². The van der Waals surface area contributed by atoms with Crippen LogP contribution in [-0.4, -0.2) is 52.5 Å². The number of amides is 1. The molecule has 0 atom stereocenters. The molecule has 0 unspecified atom stereocenters. The average Bonchev–Trinajstić information content (AvgIpc) is 2.61. The minimum Gasteiger partial charge on any atom is -0.349 e. The van der Waals surface area contributed by atoms with Crippen molar-refractivity contribution in [3.63, 3.8) is 0 Å². The fraction of sp³-hybridized carbons (Fsp3) is 0.704. The summed E-state index contributed by atoms with van der Waals surface area (Å²) in [5.41, 5.74) is 1.20. The second kappa shape index (κ2) is 9.12. The van der Waals surface area contributed by atoms with Gasteiger partial charge < -0.3 is 21.3 Å². The maximum Gasteiger partial charge on any atom is 0.251 e. The van der Waals surface area contributed by atoms with Gasteiger partial charge in [-0.1, -0.05) is 12.1 Å². The first-order valence-corrected chi connectivity index (χ1v) is 12.4. The molecule has 33 heavy (non-hydrogen) atoms. The first-order valence-electron chi connectivity index (χ1n) is 12.4. The molecule has 2 aliphatic heterocycles. The number of nitrogens with two attached hydrogens (primary N) is 1. The van der Waals surface area contributed by atoms with Gasteiger partial charge >= 0.3 is 0 Å². The van der Waals surface area contributed by atoms with Gasteiger partial charge in [-0.2, -0.15) is 0 Å². The van der Waals surface area contributed by atoms with Gasteiger partial charge in [0.15, 0.2) is 0 Å². The highest BCUT2D eigenvalue weighted by atomic mass is 16.1. The highest BCUT2D eigenvalue weighted by Gasteiger charge is 2.40. The molecule has 0 aromatic heterocycles. The molecular formula is C27H45N4O2+. The van der Waals surface area contributed by atoms with Crippen molar-refractivity contribution in [1.29, 1.82) is 0 Å². The predicted molar refractivity (Wildman–Crippen MR) is 134 cm³/mol. The Labute approximate surface area is 200 Å². The minimum absolute atomic E-state index is 0.0366. The number of rotatable bonds is 6. The SMILES string of the molecule is CC1(C)CC(NC(=O)c2cccc(C(=O)C[NH2+]C3CC(C)(C)NC(C)(C)C3)c2)CC(C)(C)N1. The lowest BCUT2D eigenvalue weighted by Crippen LogP contribution is -2.94. The molecule has 184 valence electrons. The lowest BCUT2D eigenvalue weighted by molar-refractivity contribution is -0.683. The summed E-state index contributed by atoms with van der Waals surface area (Å²) < 4.78 is 0. The Bertz CT molecular complexity index is 856. The molecular weight excluding hydrogens is 412 g/mol. The Hall–Kier alpha value is -1.76. The molecule has 2 saturated heterocycles. The van der Waals surface area contributed by atoms with E-state index in [2.05, 4.69) is 76.7 Å². The summed E-state index contributed by atoms with van der Waals surface area (Å²) in [6.45, 7) is 18.0. The topological polar surface area (TPSA) is 86.8 Å². The van der Waals surface area contributed by atoms with Crippen LogP contribution in [0.15, 0.2) is 24.3 Å². The molecule has 0 bridgehead atoms. The molecule has 5 N–H and O–H groups in total. The van der Waals surface area contributed by atoms with E-state index in [9.17, 15) is 9.59 Å². The molecule has 1 aromatic rings. The van der Waals surface area contributed by atoms with E-state index in [1.165, 1.54) is 0 Å². The van der Waals surface area contributed by atoms with E-state index in [4.69, 9.17) is 0 Å². The van der Waals surface area contributed by atoms with Crippen molar-refractivity contribution in [2.45, 2.75) is 115 Å². The van der Waals surface area contributed by atoms with E-state index in [0.717, 1.165) is 25.7 Å². The highest BCUT2D eigenvalue weighted by Crippen LogP contribution is 2.29. The lowest BCUT2D eigenvalue weighted by atomic mass is 9.79. The molecule has 2 heterocycles. The smallest absolute Gasteiger partial charge is 0.251 e. The molecule has 1 aromatic carbocycles. The Kier molecular flexibility index (Phi) is 7.15. The molecule has 3 rings (SSSR count). The van der Waals surface area contributed by atoms with E-state index >= 15 is 0 Å². The van der Waals surface area contributed by atoms with Crippen molar-refractivity contribution in [3.8, 4) is 0 Å². The number of hydrogen-bond acceptors (Lipinski definition) is 4. The Morgan fingerprint density at radius 1 is 0.848 bits per heavy atom. The number of hydrogen-bond donors (Lipinski definition) is 4. The molecule has 0 aliphatic carbocycles. The highest BCUT2D eigenvalue weighted by molar-refractivity contribution is 6.01. The summed E-state index contributed by atoms with van der Waals surface area (Å²) in [5.74, 6) is -0.0306. The van der Waals surface area contributed by atoms with Crippen LogP contribution in [0.5, 0.6) is 0 Å². The summed E-state index contributed by atoms with van der Waals surface area (Å²) in [6.07, 6.45) is 3.79. The second-order valence-corrected chi connectivity index (χ2v) is 13.0. The van der Waals surface area contributed by atoms with Gasteiger partial charge in [0.05, 0.1) is 6.04 Å². The van der Waals surface area contributed by atoms with E-state index in [1.807, 2.05) is 12.1 Å². The van der Waals surface area contributed by atoms with Crippen molar-refractivity contribution in [3.05, 3.63) is 35.4 Å². The van der Waals surface area contributed by atoms with Crippen molar-refractivity contribution < 1.29 is 14.9 Å². The summed E-state index contributed by atoms with van der Waals surface area (Å²) in [5, 5.41) is 12.7. The van der Waals surface area contributed by atoms with Crippen LogP contribution >= 0.6 is 0 Å². The largest absolute Gasteiger partial charge is 0.349 e. The van der Waals surface area contributed by atoms with Crippen LogP contribution in [0.4, 0.5) is 0 Å². The van der Waals surface area contributed by atoms with Crippen LogP contribution in [0.3, 0.4) is 0 Å². The van der Waals surface area contributed by atoms with Crippen LogP contribution in [0.1, 0.15) is 102 Å². The zero-order valence-electron chi connectivity index (χ0n) is 21.9. The van der Waals surface area contributed by atoms with Crippen molar-refractivity contribution in [2.24, 2.45) is 0 Å². The van der Waals surface area contributed by atoms with Crippen LogP contribution in [-0.2, 0) is 0 Å². The maximum absolute atomic E-state index is 13.0. The fourth-order valence-corrected chi connectivity index (χ4v) is 6.49. The summed E-state index contributed by atoms with van der Waals surface area (Å²) >= 11 is 0. The van der Waals surface area contributed by atoms with Crippen LogP contribution in [0.2, 0.25) is 0 Å². The fourth-order valence-electron chi connectivity index (χ4n) is 6.49. The third-order valence-corrected chi connectivity index (χ3v) is 6.83. The van der Waals surface area contributed by atoms with Gasteiger partial charge in [-0.25, -0.2) is 0 Å². The third-order valence-electron chi connectivity index (χ3n) is 6.83. The normalized spacial score (nSPS) is 24.2. The summed E-state index contributed by atoms with van der Waals surface area (Å²) in [7, 11) is 0. The van der Waals surface area contributed by atoms with E-state index in [-0.39, 0.29) is 39.9 Å². The molecule has 2 fully saturated rings. The molecule has 0 spiro atoms. The second-order valence-electron chi connectivity index (χ2n) is 13.0. The monoisotopic (exact) mass is 457 g/mol. The third kappa shape index (κ3) is 7.36. The Morgan fingerprint density at radius 2 is 1.33 bits per heavy atom. The van der Waals surface area contributed by atoms with Crippen molar-refractivity contribution in [1.82, 2.24) is 16.0 Å². The van der Waals surface area contributed by atoms with Gasteiger partial charge in [-0.05, 0) is 80.4 Å². The van der Waals surface area contributed by atoms with Gasteiger partial charge in [0.2, 0.25) is 5.78 Å². The molecule has 0 saturated carbocycles. The van der Waals surface area contributed by atoms with Gasteiger partial charge in [0, 0.05) is 52.2 Å². The number of quaternary nitrogens is 1. The number of carbonyl (C=O) groups excluding carboxylic acids is 2. The van der Waals surface area contributed by atoms with E-state index in [1.54, 1.807) is 12.1 Å². The van der Waals surface area contributed by atoms with Gasteiger partial charge in [-0.15, -0.1) is 0 Å². The first kappa shape index (κ1) is 25.9. The van der Waals surface area contributed by atoms with Crippen LogP contribution in [0.25, 0.3) is 0 Å². The molecule has 6 heteroatoms. The zero-order valence-corrected chi connectivity index (χ0v) is 21.9. The lowest BCUT2D eigenvalue weighted by Gasteiger charge is -2.46. The first-order chi connectivity index (χ1) is 15.0. The summed E-state index contributed by atoms with van der Waals surface area (Å²) in [4.78, 5) is 26.0. The summed E-state index contributed by atoms with van der Waals surface area (Å²) in [6, 6.07) is 7.68. The molecule has 1 amide bonds. The van der Waals surface area contributed by atoms with Gasteiger partial charge in [0.25, 0.3) is 5.91 Å². The van der Waals surface area contributed by atoms with E-state index < -0.39 is 0 Å². The van der Waals surface area contributed by atoms with E-state index in [0.29, 0.717) is 23.7 Å². The number of ketones is 1. The quantitative estimate of drug-likeness (QED) is 0.495. The standard InChI is InChI=1S/C27H44N4O2/c1-24(2)13-20(14-25(3,4)30-24)28-17-22(32)18-10-9-11-19(12-18)23(33)29-21-15-26(5,6)31-27(7,8)16-21/h9-12,20-21,28,30-31H,13-17H2,1-8H3,(H,29,33)/p+1. The Balaban J connectivity index is 1.61. The molecule has 0 radical (unpaired) electrons. The Morgan fingerprint density at radius 3 is 1.88 bits per heavy atom. The van der Waals surface area contributed by atoms with Crippen LogP contribution < -0.4 is 21.3 Å². The molecule has 6 nitrogen and oxygen atoms in total. The number of benzene rings is 1. The zero-order chi connectivity index (χ0) is 24.7. The minimum atomic E-state index is -0.103. The average molecular weight is 458 g/mol. The molecule has 2 aliphatic rings. The predicted octanol–water partition coefficient (Wildman–Crippen LogP) is 2.78. The van der Waals surface area contributed by atoms with Crippen LogP contribution in [0, 0.1) is 0 Å². The number of piperidine rings is 2. The number of nitrogens with one attached hydrogen (secondary N) is 3. The number of Topliss-reactive ketones (excluding diaryl/α,β-unsaturated/α-hetero) is 1. The van der Waals surface area contributed by atoms with Gasteiger partial charge in [0.1, 0.15) is 6.54 Å². The van der Waals surface area contributed by atoms with Gasteiger partial charge in [-0.3, -0.25) is 9.59 Å². The maximum atomic E-state index is 13.0.